The van der Waals surface area contributed by atoms with Crippen LogP contribution in [0.15, 0.2) is 70.6 Å². The second-order valence-electron chi connectivity index (χ2n) is 5.65. The fourth-order valence-corrected chi connectivity index (χ4v) is 6.35. The van der Waals surface area contributed by atoms with Crippen LogP contribution in [0.1, 0.15) is 11.5 Å². The normalized spacial score (nSPS) is 15.8. The number of hydrogen-bond acceptors (Lipinski definition) is 2. The van der Waals surface area contributed by atoms with Gasteiger partial charge in [0.25, 0.3) is 0 Å². The number of anilines is 1. The first-order chi connectivity index (χ1) is 11.8. The fraction of sp³-hybridized carbons (Fsp3) is 0.150. The summed E-state index contributed by atoms with van der Waals surface area (Å²) in [7, 11) is 2.17. The average Bonchev–Trinajstić information content (AvgIpc) is 3.13. The predicted molar refractivity (Wildman–Crippen MR) is 105 cm³/mol. The van der Waals surface area contributed by atoms with Crippen LogP contribution >= 0.6 is 11.8 Å². The van der Waals surface area contributed by atoms with E-state index >= 15 is 0 Å². The summed E-state index contributed by atoms with van der Waals surface area (Å²) in [6, 6.07) is 17.3. The zero-order chi connectivity index (χ0) is 16.5. The van der Waals surface area contributed by atoms with E-state index in [1.807, 2.05) is 11.8 Å². The Balaban J connectivity index is 1.62. The monoisotopic (exact) mass is 399 g/mol. The topological polar surface area (TPSA) is 7.12 Å². The van der Waals surface area contributed by atoms with Crippen LogP contribution in [-0.4, -0.2) is 21.0 Å². The van der Waals surface area contributed by atoms with E-state index in [1.165, 1.54) is 30.0 Å². The average molecular weight is 398 g/mol. The minimum absolute atomic E-state index is 0.399. The molecule has 120 valence electrons. The standard InChI is InChI=1S/C20H19N2SSe/c1-3-22-15-9-4-6-11-17(15)23-19(22)13-8-14-20-21(2)16-10-5-7-12-18(16)24-20/h4-14H,3H2,1-2H3/q+1. The Hall–Kier alpha value is -1.74. The molecule has 0 amide bonds. The summed E-state index contributed by atoms with van der Waals surface area (Å²) in [5, 5.41) is 1.31. The van der Waals surface area contributed by atoms with Crippen LogP contribution in [0.4, 0.5) is 5.69 Å². The van der Waals surface area contributed by atoms with Gasteiger partial charge in [-0.15, -0.1) is 0 Å². The number of aryl methyl sites for hydroxylation is 1. The molecule has 0 saturated carbocycles. The number of nitrogens with zero attached hydrogens (tertiary/aromatic N) is 2. The Labute approximate surface area is 152 Å². The van der Waals surface area contributed by atoms with E-state index in [9.17, 15) is 0 Å². The van der Waals surface area contributed by atoms with Crippen LogP contribution in [0, 0.1) is 0 Å². The third kappa shape index (κ3) is 2.75. The summed E-state index contributed by atoms with van der Waals surface area (Å²) in [4.78, 5) is 3.73. The zero-order valence-corrected chi connectivity index (χ0v) is 16.3. The number of allylic oxidation sites excluding steroid dienone is 2. The van der Waals surface area contributed by atoms with Crippen molar-refractivity contribution >= 4 is 47.8 Å². The third-order valence-electron chi connectivity index (χ3n) is 4.20. The van der Waals surface area contributed by atoms with Gasteiger partial charge in [0.15, 0.2) is 0 Å². The maximum atomic E-state index is 2.38. The van der Waals surface area contributed by atoms with Crippen LogP contribution in [0.2, 0.25) is 0 Å². The van der Waals surface area contributed by atoms with Crippen LogP contribution in [-0.2, 0) is 7.05 Å². The molecule has 0 spiro atoms. The Kier molecular flexibility index (Phi) is 4.36. The number of hydrogen-bond donors (Lipinski definition) is 0. The van der Waals surface area contributed by atoms with Crippen molar-refractivity contribution in [3.05, 3.63) is 70.3 Å². The summed E-state index contributed by atoms with van der Waals surface area (Å²) in [6.45, 7) is 3.20. The first kappa shape index (κ1) is 15.8. The molecule has 0 saturated heterocycles. The van der Waals surface area contributed by atoms with E-state index in [2.05, 4.69) is 90.2 Å². The Morgan fingerprint density at radius 3 is 2.75 bits per heavy atom. The molecular formula is C20H19N2SSe+. The molecule has 0 N–H and O–H groups in total. The van der Waals surface area contributed by atoms with Crippen molar-refractivity contribution in [3.63, 3.8) is 0 Å². The number of para-hydroxylation sites is 2. The molecular weight excluding hydrogens is 379 g/mol. The van der Waals surface area contributed by atoms with Crippen LogP contribution in [0.25, 0.3) is 15.9 Å². The van der Waals surface area contributed by atoms with E-state index in [1.54, 1.807) is 0 Å². The van der Waals surface area contributed by atoms with E-state index in [4.69, 9.17) is 0 Å². The maximum absolute atomic E-state index is 2.38. The molecule has 24 heavy (non-hydrogen) atoms. The van der Waals surface area contributed by atoms with Crippen molar-refractivity contribution in [2.45, 2.75) is 11.8 Å². The van der Waals surface area contributed by atoms with Crippen molar-refractivity contribution in [2.75, 3.05) is 11.4 Å². The summed E-state index contributed by atoms with van der Waals surface area (Å²) in [5.74, 6) is 0. The molecule has 4 rings (SSSR count). The molecule has 2 nitrogen and oxygen atoms in total. The van der Waals surface area contributed by atoms with Gasteiger partial charge in [-0.3, -0.25) is 0 Å². The number of aromatic nitrogens is 1. The van der Waals surface area contributed by atoms with Crippen molar-refractivity contribution in [1.29, 1.82) is 0 Å². The molecule has 2 aromatic carbocycles. The molecule has 4 heteroatoms. The summed E-state index contributed by atoms with van der Waals surface area (Å²) < 4.78 is 5.19. The molecule has 0 fully saturated rings. The molecule has 0 unspecified atom stereocenters. The summed E-state index contributed by atoms with van der Waals surface area (Å²) >= 11 is 2.26. The SMILES string of the molecule is CCN1C(=CC=Cc2[se]c3ccccc3[n+]2C)Sc2ccccc21. The van der Waals surface area contributed by atoms with Crippen molar-refractivity contribution < 1.29 is 4.57 Å². The Morgan fingerprint density at radius 2 is 1.92 bits per heavy atom. The van der Waals surface area contributed by atoms with Gasteiger partial charge in [0, 0.05) is 0 Å². The van der Waals surface area contributed by atoms with Gasteiger partial charge in [0.2, 0.25) is 0 Å². The van der Waals surface area contributed by atoms with Crippen LogP contribution < -0.4 is 9.47 Å². The third-order valence-corrected chi connectivity index (χ3v) is 7.82. The fourth-order valence-electron chi connectivity index (χ4n) is 2.98. The molecule has 0 aliphatic carbocycles. The van der Waals surface area contributed by atoms with Gasteiger partial charge >= 0.3 is 153 Å². The minimum atomic E-state index is 0.399. The molecule has 1 aliphatic heterocycles. The molecule has 0 radical (unpaired) electrons. The quantitative estimate of drug-likeness (QED) is 0.482. The van der Waals surface area contributed by atoms with Gasteiger partial charge in [-0.25, -0.2) is 0 Å². The van der Waals surface area contributed by atoms with E-state index in [0.717, 1.165) is 6.54 Å². The van der Waals surface area contributed by atoms with Crippen molar-refractivity contribution in [3.8, 4) is 0 Å². The molecule has 3 aromatic rings. The summed E-state index contributed by atoms with van der Waals surface area (Å²) in [6.07, 6.45) is 6.72. The van der Waals surface area contributed by atoms with E-state index < -0.39 is 0 Å². The van der Waals surface area contributed by atoms with Crippen LogP contribution in [0.5, 0.6) is 0 Å². The summed E-state index contributed by atoms with van der Waals surface area (Å²) in [5.41, 5.74) is 2.68. The molecule has 2 heterocycles. The van der Waals surface area contributed by atoms with Crippen LogP contribution in [0.3, 0.4) is 0 Å². The van der Waals surface area contributed by atoms with E-state index in [0.29, 0.717) is 14.5 Å². The van der Waals surface area contributed by atoms with Gasteiger partial charge in [-0.1, -0.05) is 0 Å². The number of benzene rings is 2. The van der Waals surface area contributed by atoms with Crippen molar-refractivity contribution in [1.82, 2.24) is 0 Å². The van der Waals surface area contributed by atoms with Gasteiger partial charge in [-0.2, -0.15) is 0 Å². The van der Waals surface area contributed by atoms with Gasteiger partial charge in [0.05, 0.1) is 0 Å². The predicted octanol–water partition coefficient (Wildman–Crippen LogP) is 4.21. The Morgan fingerprint density at radius 1 is 1.12 bits per heavy atom. The number of rotatable bonds is 3. The van der Waals surface area contributed by atoms with Gasteiger partial charge in [0.1, 0.15) is 0 Å². The first-order valence-electron chi connectivity index (χ1n) is 8.08. The first-order valence-corrected chi connectivity index (χ1v) is 10.6. The van der Waals surface area contributed by atoms with E-state index in [-0.39, 0.29) is 0 Å². The molecule has 0 bridgehead atoms. The molecule has 1 aliphatic rings. The Bertz CT molecular complexity index is 955. The number of thioether (sulfide) groups is 1. The van der Waals surface area contributed by atoms with Gasteiger partial charge in [-0.05, 0) is 0 Å². The second-order valence-corrected chi connectivity index (χ2v) is 8.94. The number of fused-ring (bicyclic) bond motifs is 2. The molecule has 1 aromatic heterocycles. The zero-order valence-electron chi connectivity index (χ0n) is 13.8. The second kappa shape index (κ2) is 6.64. The molecule has 0 atom stereocenters. The van der Waals surface area contributed by atoms with Crippen molar-refractivity contribution in [2.24, 2.45) is 7.05 Å². The van der Waals surface area contributed by atoms with Gasteiger partial charge < -0.3 is 0 Å².